The molecule has 1 aliphatic rings. The topological polar surface area (TPSA) is 103 Å². The number of rotatable bonds is 8. The molecular formula is C19H22N2O6S. The van der Waals surface area contributed by atoms with Crippen molar-refractivity contribution in [2.75, 3.05) is 13.4 Å². The Labute approximate surface area is 163 Å². The molecule has 0 fully saturated rings. The summed E-state index contributed by atoms with van der Waals surface area (Å²) < 4.78 is 43.1. The van der Waals surface area contributed by atoms with E-state index in [0.29, 0.717) is 23.9 Å². The van der Waals surface area contributed by atoms with Crippen molar-refractivity contribution >= 4 is 15.9 Å². The number of carbonyl (C=O) groups is 1. The average Bonchev–Trinajstić information content (AvgIpc) is 3.14. The molecule has 1 atom stereocenters. The number of hydrogen-bond donors (Lipinski definition) is 2. The highest BCUT2D eigenvalue weighted by Gasteiger charge is 2.22. The normalized spacial score (nSPS) is 13.8. The maximum Gasteiger partial charge on any atom is 0.241 e. The third-order valence-corrected chi connectivity index (χ3v) is 5.63. The zero-order valence-corrected chi connectivity index (χ0v) is 16.4. The van der Waals surface area contributed by atoms with Gasteiger partial charge in [0.05, 0.1) is 17.5 Å². The highest BCUT2D eigenvalue weighted by molar-refractivity contribution is 7.89. The number of amides is 1. The minimum Gasteiger partial charge on any atom is -0.494 e. The first-order chi connectivity index (χ1) is 13.4. The average molecular weight is 406 g/mol. The Morgan fingerprint density at radius 1 is 1.14 bits per heavy atom. The Bertz CT molecular complexity index is 943. The highest BCUT2D eigenvalue weighted by atomic mass is 32.2. The number of carbonyl (C=O) groups excluding carboxylic acids is 1. The maximum atomic E-state index is 12.5. The number of hydrogen-bond acceptors (Lipinski definition) is 6. The molecule has 1 heterocycles. The number of ether oxygens (including phenoxy) is 3. The molecule has 0 unspecified atom stereocenters. The van der Waals surface area contributed by atoms with Crippen LogP contribution >= 0.6 is 0 Å². The van der Waals surface area contributed by atoms with E-state index in [0.717, 1.165) is 5.56 Å². The van der Waals surface area contributed by atoms with Crippen molar-refractivity contribution in [1.82, 2.24) is 10.0 Å². The van der Waals surface area contributed by atoms with Gasteiger partial charge < -0.3 is 19.5 Å². The van der Waals surface area contributed by atoms with Crippen LogP contribution in [0.1, 0.15) is 19.4 Å². The molecule has 9 heteroatoms. The molecule has 0 aliphatic carbocycles. The molecule has 3 rings (SSSR count). The van der Waals surface area contributed by atoms with Gasteiger partial charge in [0.25, 0.3) is 0 Å². The van der Waals surface area contributed by atoms with Crippen LogP contribution < -0.4 is 24.2 Å². The monoisotopic (exact) mass is 406 g/mol. The second kappa shape index (κ2) is 8.49. The summed E-state index contributed by atoms with van der Waals surface area (Å²) in [5.74, 6) is 1.42. The van der Waals surface area contributed by atoms with Crippen molar-refractivity contribution in [3.63, 3.8) is 0 Å². The van der Waals surface area contributed by atoms with Gasteiger partial charge >= 0.3 is 0 Å². The SMILES string of the molecule is CCOc1ccc(S(=O)(=O)N[C@H](C)C(=O)NCc2ccc3c(c2)OCO3)cc1. The van der Waals surface area contributed by atoms with E-state index in [1.165, 1.54) is 19.1 Å². The lowest BCUT2D eigenvalue weighted by molar-refractivity contribution is -0.122. The predicted octanol–water partition coefficient (Wildman–Crippen LogP) is 1.80. The Balaban J connectivity index is 1.56. The summed E-state index contributed by atoms with van der Waals surface area (Å²) in [6.45, 7) is 4.24. The number of sulfonamides is 1. The molecule has 2 aromatic carbocycles. The first-order valence-electron chi connectivity index (χ1n) is 8.80. The standard InChI is InChI=1S/C19H22N2O6S/c1-3-25-15-5-7-16(8-6-15)28(23,24)21-13(2)19(22)20-11-14-4-9-17-18(10-14)27-12-26-17/h4-10,13,21H,3,11-12H2,1-2H3,(H,20,22)/t13-/m1/s1. The fourth-order valence-electron chi connectivity index (χ4n) is 2.63. The van der Waals surface area contributed by atoms with Gasteiger partial charge in [0, 0.05) is 6.54 Å². The van der Waals surface area contributed by atoms with E-state index in [9.17, 15) is 13.2 Å². The van der Waals surface area contributed by atoms with Crippen LogP contribution in [0.2, 0.25) is 0 Å². The van der Waals surface area contributed by atoms with Crippen LogP contribution in [0.4, 0.5) is 0 Å². The Kier molecular flexibility index (Phi) is 6.05. The predicted molar refractivity (Wildman–Crippen MR) is 102 cm³/mol. The molecule has 0 aromatic heterocycles. The lowest BCUT2D eigenvalue weighted by atomic mass is 10.2. The van der Waals surface area contributed by atoms with Crippen molar-refractivity contribution in [3.05, 3.63) is 48.0 Å². The van der Waals surface area contributed by atoms with E-state index in [1.807, 2.05) is 13.0 Å². The summed E-state index contributed by atoms with van der Waals surface area (Å²) in [5.41, 5.74) is 0.819. The third kappa shape index (κ3) is 4.73. The summed E-state index contributed by atoms with van der Waals surface area (Å²) in [7, 11) is -3.83. The van der Waals surface area contributed by atoms with Crippen LogP contribution in [0.3, 0.4) is 0 Å². The van der Waals surface area contributed by atoms with Gasteiger partial charge in [0.2, 0.25) is 22.7 Å². The van der Waals surface area contributed by atoms with Gasteiger partial charge in [-0.05, 0) is 55.8 Å². The molecule has 2 N–H and O–H groups in total. The number of nitrogens with one attached hydrogen (secondary N) is 2. The van der Waals surface area contributed by atoms with Gasteiger partial charge in [-0.2, -0.15) is 4.72 Å². The maximum absolute atomic E-state index is 12.5. The smallest absolute Gasteiger partial charge is 0.241 e. The van der Waals surface area contributed by atoms with Crippen LogP contribution in [0.25, 0.3) is 0 Å². The summed E-state index contributed by atoms with van der Waals surface area (Å²) in [6, 6.07) is 10.4. The van der Waals surface area contributed by atoms with Gasteiger partial charge in [-0.3, -0.25) is 4.79 Å². The lowest BCUT2D eigenvalue weighted by Gasteiger charge is -2.15. The third-order valence-electron chi connectivity index (χ3n) is 4.07. The van der Waals surface area contributed by atoms with Crippen molar-refractivity contribution in [2.24, 2.45) is 0 Å². The number of fused-ring (bicyclic) bond motifs is 1. The van der Waals surface area contributed by atoms with Crippen LogP contribution in [0.5, 0.6) is 17.2 Å². The van der Waals surface area contributed by atoms with Gasteiger partial charge in [-0.25, -0.2) is 8.42 Å². The minimum absolute atomic E-state index is 0.0615. The highest BCUT2D eigenvalue weighted by Crippen LogP contribution is 2.32. The molecule has 0 saturated heterocycles. The Morgan fingerprint density at radius 2 is 1.86 bits per heavy atom. The van der Waals surface area contributed by atoms with Crippen molar-refractivity contribution in [3.8, 4) is 17.2 Å². The molecule has 1 aliphatic heterocycles. The Hall–Kier alpha value is -2.78. The van der Waals surface area contributed by atoms with E-state index < -0.39 is 22.0 Å². The summed E-state index contributed by atoms with van der Waals surface area (Å²) >= 11 is 0. The first kappa shape index (κ1) is 20.0. The summed E-state index contributed by atoms with van der Waals surface area (Å²) in [6.07, 6.45) is 0. The fraction of sp³-hybridized carbons (Fsp3) is 0.316. The molecule has 28 heavy (non-hydrogen) atoms. The second-order valence-electron chi connectivity index (χ2n) is 6.15. The fourth-order valence-corrected chi connectivity index (χ4v) is 3.83. The number of benzene rings is 2. The zero-order valence-electron chi connectivity index (χ0n) is 15.6. The largest absolute Gasteiger partial charge is 0.494 e. The molecule has 1 amide bonds. The van der Waals surface area contributed by atoms with Crippen LogP contribution in [0, 0.1) is 0 Å². The van der Waals surface area contributed by atoms with Crippen LogP contribution in [-0.4, -0.2) is 33.8 Å². The molecule has 0 spiro atoms. The van der Waals surface area contributed by atoms with Crippen molar-refractivity contribution < 1.29 is 27.4 Å². The summed E-state index contributed by atoms with van der Waals surface area (Å²) in [5, 5.41) is 2.71. The first-order valence-corrected chi connectivity index (χ1v) is 10.3. The lowest BCUT2D eigenvalue weighted by Crippen LogP contribution is -2.44. The van der Waals surface area contributed by atoms with Gasteiger partial charge in [-0.1, -0.05) is 6.07 Å². The quantitative estimate of drug-likeness (QED) is 0.693. The van der Waals surface area contributed by atoms with E-state index in [4.69, 9.17) is 14.2 Å². The van der Waals surface area contributed by atoms with Crippen molar-refractivity contribution in [1.29, 1.82) is 0 Å². The molecule has 2 aromatic rings. The van der Waals surface area contributed by atoms with E-state index in [1.54, 1.807) is 24.3 Å². The summed E-state index contributed by atoms with van der Waals surface area (Å²) in [4.78, 5) is 12.3. The van der Waals surface area contributed by atoms with Gasteiger partial charge in [-0.15, -0.1) is 0 Å². The molecular weight excluding hydrogens is 384 g/mol. The molecule has 0 saturated carbocycles. The van der Waals surface area contributed by atoms with Crippen LogP contribution in [0.15, 0.2) is 47.4 Å². The van der Waals surface area contributed by atoms with Gasteiger partial charge in [0.15, 0.2) is 11.5 Å². The second-order valence-corrected chi connectivity index (χ2v) is 7.87. The Morgan fingerprint density at radius 3 is 2.57 bits per heavy atom. The van der Waals surface area contributed by atoms with E-state index in [2.05, 4.69) is 10.0 Å². The molecule has 150 valence electrons. The van der Waals surface area contributed by atoms with Gasteiger partial charge in [0.1, 0.15) is 5.75 Å². The van der Waals surface area contributed by atoms with E-state index in [-0.39, 0.29) is 18.2 Å². The molecule has 8 nitrogen and oxygen atoms in total. The van der Waals surface area contributed by atoms with E-state index >= 15 is 0 Å². The van der Waals surface area contributed by atoms with Crippen LogP contribution in [-0.2, 0) is 21.4 Å². The minimum atomic E-state index is -3.83. The molecule has 0 radical (unpaired) electrons. The van der Waals surface area contributed by atoms with Crippen molar-refractivity contribution in [2.45, 2.75) is 31.3 Å². The zero-order chi connectivity index (χ0) is 20.1. The molecule has 0 bridgehead atoms.